The standard InChI is InChI=1S/C16H27NO/c1-12(2)6-5-9-16(3)10-14(16)11-17(4)15(18)13-7-8-13/h6,13-14H,5,7-11H2,1-4H3. The molecule has 0 saturated heterocycles. The van der Waals surface area contributed by atoms with Crippen molar-refractivity contribution in [1.29, 1.82) is 0 Å². The van der Waals surface area contributed by atoms with E-state index < -0.39 is 0 Å². The smallest absolute Gasteiger partial charge is 0.225 e. The highest BCUT2D eigenvalue weighted by molar-refractivity contribution is 5.80. The number of carbonyl (C=O) groups excluding carboxylic acids is 1. The second kappa shape index (κ2) is 5.07. The van der Waals surface area contributed by atoms with Gasteiger partial charge in [0.05, 0.1) is 0 Å². The van der Waals surface area contributed by atoms with Gasteiger partial charge in [-0.1, -0.05) is 18.6 Å². The maximum Gasteiger partial charge on any atom is 0.225 e. The van der Waals surface area contributed by atoms with Crippen LogP contribution in [0.5, 0.6) is 0 Å². The Bertz CT molecular complexity index is 352. The molecule has 0 aromatic rings. The Morgan fingerprint density at radius 2 is 2.06 bits per heavy atom. The van der Waals surface area contributed by atoms with E-state index >= 15 is 0 Å². The minimum atomic E-state index is 0.366. The topological polar surface area (TPSA) is 20.3 Å². The first kappa shape index (κ1) is 13.6. The van der Waals surface area contributed by atoms with Crippen molar-refractivity contribution in [1.82, 2.24) is 4.90 Å². The van der Waals surface area contributed by atoms with Gasteiger partial charge in [-0.3, -0.25) is 4.79 Å². The van der Waals surface area contributed by atoms with Crippen LogP contribution in [0.15, 0.2) is 11.6 Å². The summed E-state index contributed by atoms with van der Waals surface area (Å²) in [4.78, 5) is 13.9. The molecule has 102 valence electrons. The number of rotatable bonds is 6. The summed E-state index contributed by atoms with van der Waals surface area (Å²) in [7, 11) is 1.98. The average molecular weight is 249 g/mol. The molecule has 2 nitrogen and oxygen atoms in total. The Morgan fingerprint density at radius 3 is 2.61 bits per heavy atom. The van der Waals surface area contributed by atoms with Crippen molar-refractivity contribution in [2.24, 2.45) is 17.3 Å². The number of amides is 1. The number of carbonyl (C=O) groups is 1. The summed E-state index contributed by atoms with van der Waals surface area (Å²) in [6.07, 6.45) is 8.33. The zero-order valence-electron chi connectivity index (χ0n) is 12.3. The largest absolute Gasteiger partial charge is 0.345 e. The van der Waals surface area contributed by atoms with E-state index in [4.69, 9.17) is 0 Å². The molecular formula is C16H27NO. The lowest BCUT2D eigenvalue weighted by molar-refractivity contribution is -0.131. The summed E-state index contributed by atoms with van der Waals surface area (Å²) in [5.41, 5.74) is 1.90. The Hall–Kier alpha value is -0.790. The molecule has 2 unspecified atom stereocenters. The van der Waals surface area contributed by atoms with E-state index in [1.165, 1.54) is 24.8 Å². The van der Waals surface area contributed by atoms with Crippen LogP contribution in [0.4, 0.5) is 0 Å². The van der Waals surface area contributed by atoms with Crippen molar-refractivity contribution < 1.29 is 4.79 Å². The van der Waals surface area contributed by atoms with Gasteiger partial charge in [0, 0.05) is 19.5 Å². The minimum absolute atomic E-state index is 0.366. The summed E-state index contributed by atoms with van der Waals surface area (Å²) >= 11 is 0. The fourth-order valence-corrected chi connectivity index (χ4v) is 2.85. The van der Waals surface area contributed by atoms with E-state index in [2.05, 4.69) is 26.8 Å². The SMILES string of the molecule is CC(C)=CCCC1(C)CC1CN(C)C(=O)C1CC1. The maximum absolute atomic E-state index is 11.9. The molecular weight excluding hydrogens is 222 g/mol. The van der Waals surface area contributed by atoms with Crippen LogP contribution >= 0.6 is 0 Å². The molecule has 0 bridgehead atoms. The third-order valence-electron chi connectivity index (χ3n) is 4.60. The summed E-state index contributed by atoms with van der Waals surface area (Å²) in [5.74, 6) is 1.48. The lowest BCUT2D eigenvalue weighted by Crippen LogP contribution is -2.30. The molecule has 1 amide bonds. The molecule has 2 atom stereocenters. The van der Waals surface area contributed by atoms with Crippen molar-refractivity contribution in [3.05, 3.63) is 11.6 Å². The molecule has 0 radical (unpaired) electrons. The van der Waals surface area contributed by atoms with E-state index in [-0.39, 0.29) is 0 Å². The molecule has 2 saturated carbocycles. The molecule has 18 heavy (non-hydrogen) atoms. The predicted molar refractivity (Wildman–Crippen MR) is 75.2 cm³/mol. The highest BCUT2D eigenvalue weighted by atomic mass is 16.2. The lowest BCUT2D eigenvalue weighted by Gasteiger charge is -2.19. The van der Waals surface area contributed by atoms with Gasteiger partial charge in [-0.05, 0) is 57.3 Å². The number of hydrogen-bond donors (Lipinski definition) is 0. The zero-order valence-corrected chi connectivity index (χ0v) is 12.3. The molecule has 2 rings (SSSR count). The van der Waals surface area contributed by atoms with Crippen molar-refractivity contribution in [2.45, 2.75) is 52.9 Å². The molecule has 0 spiro atoms. The average Bonchev–Trinajstić information content (AvgIpc) is 3.16. The second-order valence-electron chi connectivity index (χ2n) is 6.87. The van der Waals surface area contributed by atoms with Gasteiger partial charge < -0.3 is 4.90 Å². The van der Waals surface area contributed by atoms with Gasteiger partial charge in [0.25, 0.3) is 0 Å². The number of nitrogens with zero attached hydrogens (tertiary/aromatic N) is 1. The minimum Gasteiger partial charge on any atom is -0.345 e. The quantitative estimate of drug-likeness (QED) is 0.658. The van der Waals surface area contributed by atoms with Crippen LogP contribution in [0.25, 0.3) is 0 Å². The first-order chi connectivity index (χ1) is 8.42. The van der Waals surface area contributed by atoms with Crippen molar-refractivity contribution in [3.8, 4) is 0 Å². The van der Waals surface area contributed by atoms with E-state index in [0.717, 1.165) is 25.3 Å². The lowest BCUT2D eigenvalue weighted by atomic mass is 9.98. The number of allylic oxidation sites excluding steroid dienone is 2. The van der Waals surface area contributed by atoms with Gasteiger partial charge in [0.15, 0.2) is 0 Å². The molecule has 2 aliphatic carbocycles. The van der Waals surface area contributed by atoms with Gasteiger partial charge in [-0.25, -0.2) is 0 Å². The van der Waals surface area contributed by atoms with E-state index in [1.807, 2.05) is 11.9 Å². The monoisotopic (exact) mass is 249 g/mol. The van der Waals surface area contributed by atoms with Crippen LogP contribution in [0.1, 0.15) is 52.9 Å². The van der Waals surface area contributed by atoms with Crippen LogP contribution in [0.2, 0.25) is 0 Å². The van der Waals surface area contributed by atoms with Crippen molar-refractivity contribution >= 4 is 5.91 Å². The highest BCUT2D eigenvalue weighted by Crippen LogP contribution is 2.55. The number of hydrogen-bond acceptors (Lipinski definition) is 1. The molecule has 2 aliphatic rings. The van der Waals surface area contributed by atoms with Crippen LogP contribution in [0.3, 0.4) is 0 Å². The van der Waals surface area contributed by atoms with Crippen LogP contribution in [-0.4, -0.2) is 24.4 Å². The van der Waals surface area contributed by atoms with Crippen molar-refractivity contribution in [2.75, 3.05) is 13.6 Å². The van der Waals surface area contributed by atoms with Crippen LogP contribution in [-0.2, 0) is 4.79 Å². The van der Waals surface area contributed by atoms with E-state index in [9.17, 15) is 4.79 Å². The third kappa shape index (κ3) is 3.37. The molecule has 2 heteroatoms. The summed E-state index contributed by atoms with van der Waals surface area (Å²) in [6.45, 7) is 7.68. The fourth-order valence-electron chi connectivity index (χ4n) is 2.85. The predicted octanol–water partition coefficient (Wildman–Crippen LogP) is 3.63. The molecule has 0 aromatic carbocycles. The van der Waals surface area contributed by atoms with E-state index in [0.29, 0.717) is 17.2 Å². The first-order valence-corrected chi connectivity index (χ1v) is 7.31. The van der Waals surface area contributed by atoms with Gasteiger partial charge in [-0.2, -0.15) is 0 Å². The summed E-state index contributed by atoms with van der Waals surface area (Å²) in [6, 6.07) is 0. The van der Waals surface area contributed by atoms with Gasteiger partial charge >= 0.3 is 0 Å². The maximum atomic E-state index is 11.9. The van der Waals surface area contributed by atoms with Crippen LogP contribution < -0.4 is 0 Å². The summed E-state index contributed by atoms with van der Waals surface area (Å²) in [5, 5.41) is 0. The molecule has 2 fully saturated rings. The highest BCUT2D eigenvalue weighted by Gasteiger charge is 2.49. The van der Waals surface area contributed by atoms with Gasteiger partial charge in [-0.15, -0.1) is 0 Å². The molecule has 0 aliphatic heterocycles. The Balaban J connectivity index is 1.72. The fraction of sp³-hybridized carbons (Fsp3) is 0.812. The Kier molecular flexibility index (Phi) is 3.84. The zero-order chi connectivity index (χ0) is 13.3. The van der Waals surface area contributed by atoms with Gasteiger partial charge in [0.2, 0.25) is 5.91 Å². The second-order valence-corrected chi connectivity index (χ2v) is 6.87. The first-order valence-electron chi connectivity index (χ1n) is 7.31. The molecule has 0 aromatic heterocycles. The summed E-state index contributed by atoms with van der Waals surface area (Å²) < 4.78 is 0. The molecule has 0 N–H and O–H groups in total. The Labute approximate surface area is 111 Å². The normalized spacial score (nSPS) is 29.9. The van der Waals surface area contributed by atoms with Crippen molar-refractivity contribution in [3.63, 3.8) is 0 Å². The van der Waals surface area contributed by atoms with Gasteiger partial charge in [0.1, 0.15) is 0 Å². The van der Waals surface area contributed by atoms with E-state index in [1.54, 1.807) is 0 Å². The third-order valence-corrected chi connectivity index (χ3v) is 4.60. The Morgan fingerprint density at radius 1 is 1.39 bits per heavy atom. The van der Waals surface area contributed by atoms with Crippen LogP contribution in [0, 0.1) is 17.3 Å². The molecule has 0 heterocycles.